The second kappa shape index (κ2) is 9.39. The van der Waals surface area contributed by atoms with Crippen LogP contribution in [0, 0.1) is 0 Å². The Kier molecular flexibility index (Phi) is 7.14. The summed E-state index contributed by atoms with van der Waals surface area (Å²) in [5, 5.41) is 16.4. The Morgan fingerprint density at radius 2 is 1.45 bits per heavy atom. The van der Waals surface area contributed by atoms with Crippen molar-refractivity contribution < 1.29 is 0 Å². The van der Waals surface area contributed by atoms with Crippen LogP contribution >= 0.6 is 0 Å². The van der Waals surface area contributed by atoms with Crippen LogP contribution in [-0.2, 0) is 5.54 Å². The van der Waals surface area contributed by atoms with E-state index in [1.165, 1.54) is 5.56 Å². The van der Waals surface area contributed by atoms with Crippen LogP contribution in [0.25, 0.3) is 6.08 Å². The van der Waals surface area contributed by atoms with Crippen molar-refractivity contribution in [2.75, 3.05) is 5.32 Å². The third-order valence-electron chi connectivity index (χ3n) is 5.67. The lowest BCUT2D eigenvalue weighted by atomic mass is 10.0. The predicted octanol–water partition coefficient (Wildman–Crippen LogP) is 6.77. The van der Waals surface area contributed by atoms with E-state index in [-0.39, 0.29) is 11.6 Å². The highest BCUT2D eigenvalue weighted by molar-refractivity contribution is 7.05. The molecule has 3 aromatic rings. The molecule has 0 spiro atoms. The van der Waals surface area contributed by atoms with Crippen molar-refractivity contribution in [3.05, 3.63) is 76.4 Å². The van der Waals surface area contributed by atoms with Gasteiger partial charge in [-0.25, -0.2) is 4.68 Å². The number of rotatable bonds is 7. The zero-order chi connectivity index (χ0) is 24.4. The minimum absolute atomic E-state index is 0.159. The fourth-order valence-corrected chi connectivity index (χ4v) is 14.6. The van der Waals surface area contributed by atoms with Crippen LogP contribution in [-0.4, -0.2) is 36.4 Å². The second-order valence-corrected chi connectivity index (χ2v) is 22.4. The summed E-state index contributed by atoms with van der Waals surface area (Å²) in [7, 11) is -2.77. The van der Waals surface area contributed by atoms with Crippen molar-refractivity contribution in [2.24, 2.45) is 0 Å². The van der Waals surface area contributed by atoms with E-state index in [4.69, 9.17) is 0 Å². The number of hydrogen-bond donors (Lipinski definition) is 1. The lowest BCUT2D eigenvalue weighted by Gasteiger charge is -2.31. The van der Waals surface area contributed by atoms with Crippen LogP contribution in [0.2, 0.25) is 39.3 Å². The normalized spacial score (nSPS) is 13.5. The van der Waals surface area contributed by atoms with Gasteiger partial charge in [-0.15, -0.1) is 5.10 Å². The fraction of sp³-hybridized carbons (Fsp3) is 0.423. The Morgan fingerprint density at radius 1 is 0.879 bits per heavy atom. The molecule has 0 saturated carbocycles. The van der Waals surface area contributed by atoms with Gasteiger partial charge in [-0.2, -0.15) is 0 Å². The van der Waals surface area contributed by atoms with Crippen molar-refractivity contribution in [1.29, 1.82) is 0 Å². The Labute approximate surface area is 201 Å². The van der Waals surface area contributed by atoms with Gasteiger partial charge < -0.3 is 5.32 Å². The van der Waals surface area contributed by atoms with E-state index >= 15 is 0 Å². The molecule has 176 valence electrons. The molecule has 33 heavy (non-hydrogen) atoms. The number of nitrogens with one attached hydrogen (secondary N) is 1. The molecule has 3 rings (SSSR count). The van der Waals surface area contributed by atoms with E-state index in [1.807, 2.05) is 22.9 Å². The molecule has 0 fully saturated rings. The van der Waals surface area contributed by atoms with Crippen molar-refractivity contribution in [2.45, 2.75) is 71.6 Å². The molecular formula is C26H39N5Si2. The second-order valence-electron chi connectivity index (χ2n) is 11.8. The highest BCUT2D eigenvalue weighted by Crippen LogP contribution is 2.30. The van der Waals surface area contributed by atoms with Crippen LogP contribution in [0.4, 0.5) is 5.69 Å². The van der Waals surface area contributed by atoms with Gasteiger partial charge in [-0.3, -0.25) is 0 Å². The van der Waals surface area contributed by atoms with Gasteiger partial charge in [0.2, 0.25) is 0 Å². The lowest BCUT2D eigenvalue weighted by molar-refractivity contribution is 0.333. The monoisotopic (exact) mass is 477 g/mol. The third kappa shape index (κ3) is 6.29. The predicted molar refractivity (Wildman–Crippen MR) is 146 cm³/mol. The first kappa shape index (κ1) is 25.1. The first-order valence-electron chi connectivity index (χ1n) is 11.7. The lowest BCUT2D eigenvalue weighted by Crippen LogP contribution is -2.39. The molecule has 7 heteroatoms. The molecule has 5 nitrogen and oxygen atoms in total. The molecule has 0 aliphatic carbocycles. The summed E-state index contributed by atoms with van der Waals surface area (Å²) in [5.41, 5.74) is 3.22. The van der Waals surface area contributed by atoms with E-state index in [0.717, 1.165) is 17.1 Å². The maximum Gasteiger partial charge on any atom is 0.178 e. The summed E-state index contributed by atoms with van der Waals surface area (Å²) in [4.78, 5) is 1.71. The Balaban J connectivity index is 2.04. The molecule has 0 amide bonds. The van der Waals surface area contributed by atoms with Crippen molar-refractivity contribution in [1.82, 2.24) is 20.2 Å². The SMILES string of the molecule is CC(C)(C)n1nnnc1C(Nc1ccccc1)c1ccc(C=C([Si](C)(C)C)[Si](C)(C)C)cc1. The summed E-state index contributed by atoms with van der Waals surface area (Å²) >= 11 is 0. The zero-order valence-corrected chi connectivity index (χ0v) is 23.6. The highest BCUT2D eigenvalue weighted by Gasteiger charge is 2.31. The number of para-hydroxylation sites is 1. The molecule has 1 atom stereocenters. The van der Waals surface area contributed by atoms with Gasteiger partial charge in [0, 0.05) is 5.69 Å². The largest absolute Gasteiger partial charge is 0.371 e. The van der Waals surface area contributed by atoms with Gasteiger partial charge in [0.15, 0.2) is 5.82 Å². The maximum absolute atomic E-state index is 4.43. The summed E-state index contributed by atoms with van der Waals surface area (Å²) in [6, 6.07) is 19.0. The molecule has 1 aromatic heterocycles. The number of nitrogens with zero attached hydrogens (tertiary/aromatic N) is 4. The average Bonchev–Trinajstić information content (AvgIpc) is 3.20. The summed E-state index contributed by atoms with van der Waals surface area (Å²) in [6.07, 6.45) is 2.46. The van der Waals surface area contributed by atoms with Crippen LogP contribution < -0.4 is 5.32 Å². The quantitative estimate of drug-likeness (QED) is 0.382. The Hall–Kier alpha value is -2.52. The molecule has 1 unspecified atom stereocenters. The smallest absolute Gasteiger partial charge is 0.178 e. The van der Waals surface area contributed by atoms with Crippen LogP contribution in [0.3, 0.4) is 0 Å². The van der Waals surface area contributed by atoms with Gasteiger partial charge in [-0.1, -0.05) is 92.6 Å². The molecular weight excluding hydrogens is 438 g/mol. The standard InChI is InChI=1S/C26H39N5Si2/c1-26(2,3)31-25(28-29-30-31)24(27-22-13-11-10-12-14-22)21-17-15-20(16-18-21)19-23(32(4,5)6)33(7,8)9/h10-19,24,27H,1-9H3. The Bertz CT molecular complexity index is 1070. The molecule has 0 aliphatic rings. The molecule has 0 saturated heterocycles. The van der Waals surface area contributed by atoms with E-state index < -0.39 is 16.1 Å². The molecule has 0 radical (unpaired) electrons. The third-order valence-corrected chi connectivity index (χ3v) is 13.7. The molecule has 1 N–H and O–H groups in total. The highest BCUT2D eigenvalue weighted by atomic mass is 28.4. The molecule has 1 heterocycles. The van der Waals surface area contributed by atoms with E-state index in [1.54, 1.807) is 4.82 Å². The first-order chi connectivity index (χ1) is 15.3. The first-order valence-corrected chi connectivity index (χ1v) is 18.7. The fourth-order valence-electron chi connectivity index (χ4n) is 4.36. The van der Waals surface area contributed by atoms with Gasteiger partial charge in [0.25, 0.3) is 0 Å². The maximum atomic E-state index is 4.43. The van der Waals surface area contributed by atoms with Gasteiger partial charge in [-0.05, 0) is 54.5 Å². The van der Waals surface area contributed by atoms with Crippen LogP contribution in [0.15, 0.2) is 59.4 Å². The number of anilines is 1. The summed E-state index contributed by atoms with van der Waals surface area (Å²) in [5.74, 6) is 0.805. The van der Waals surface area contributed by atoms with Crippen LogP contribution in [0.5, 0.6) is 0 Å². The Morgan fingerprint density at radius 3 is 1.97 bits per heavy atom. The minimum Gasteiger partial charge on any atom is -0.371 e. The van der Waals surface area contributed by atoms with E-state index in [9.17, 15) is 0 Å². The molecule has 2 aromatic carbocycles. The topological polar surface area (TPSA) is 55.6 Å². The van der Waals surface area contributed by atoms with Crippen LogP contribution in [0.1, 0.15) is 43.8 Å². The van der Waals surface area contributed by atoms with E-state index in [0.29, 0.717) is 0 Å². The van der Waals surface area contributed by atoms with Gasteiger partial charge in [0.05, 0.1) is 21.7 Å². The van der Waals surface area contributed by atoms with E-state index in [2.05, 4.69) is 123 Å². The average molecular weight is 478 g/mol. The van der Waals surface area contributed by atoms with Crippen molar-refractivity contribution in [3.8, 4) is 0 Å². The molecule has 0 aliphatic heterocycles. The minimum atomic E-state index is -1.38. The number of aromatic nitrogens is 4. The number of tetrazole rings is 1. The van der Waals surface area contributed by atoms with Gasteiger partial charge >= 0.3 is 0 Å². The number of hydrogen-bond acceptors (Lipinski definition) is 4. The number of benzene rings is 2. The van der Waals surface area contributed by atoms with Crippen molar-refractivity contribution in [3.63, 3.8) is 0 Å². The zero-order valence-electron chi connectivity index (χ0n) is 21.6. The molecule has 0 bridgehead atoms. The van der Waals surface area contributed by atoms with Crippen molar-refractivity contribution >= 4 is 27.9 Å². The van der Waals surface area contributed by atoms with Gasteiger partial charge in [0.1, 0.15) is 6.04 Å². The summed E-state index contributed by atoms with van der Waals surface area (Å²) < 4.78 is 1.91. The summed E-state index contributed by atoms with van der Waals surface area (Å²) in [6.45, 7) is 21.1.